The van der Waals surface area contributed by atoms with Crippen LogP contribution in [0, 0.1) is 0 Å². The van der Waals surface area contributed by atoms with Gasteiger partial charge in [0.05, 0.1) is 11.9 Å². The fourth-order valence-electron chi connectivity index (χ4n) is 2.24. The Hall–Kier alpha value is -2.69. The molecule has 0 bridgehead atoms. The quantitative estimate of drug-likeness (QED) is 0.794. The van der Waals surface area contributed by atoms with Gasteiger partial charge in [0.2, 0.25) is 0 Å². The van der Waals surface area contributed by atoms with Crippen molar-refractivity contribution in [1.29, 1.82) is 0 Å². The average Bonchev–Trinajstić information content (AvgIpc) is 2.92. The van der Waals surface area contributed by atoms with E-state index in [1.54, 1.807) is 10.9 Å². The predicted octanol–water partition coefficient (Wildman–Crippen LogP) is 1.96. The highest BCUT2D eigenvalue weighted by Gasteiger charge is 2.06. The highest BCUT2D eigenvalue weighted by atomic mass is 16.1. The molecule has 0 radical (unpaired) electrons. The molecule has 2 heterocycles. The SMILES string of the molecule is Cn1cc(-c2cc(=O)[nH]c(CCc3ccccc3)n2)cn1. The van der Waals surface area contributed by atoms with E-state index in [0.29, 0.717) is 17.9 Å². The van der Waals surface area contributed by atoms with Gasteiger partial charge in [-0.1, -0.05) is 30.3 Å². The molecule has 0 fully saturated rings. The second kappa shape index (κ2) is 5.75. The maximum absolute atomic E-state index is 11.8. The van der Waals surface area contributed by atoms with Gasteiger partial charge in [0.15, 0.2) is 0 Å². The van der Waals surface area contributed by atoms with Crippen LogP contribution >= 0.6 is 0 Å². The molecular formula is C16H16N4O. The Morgan fingerprint density at radius 3 is 2.71 bits per heavy atom. The van der Waals surface area contributed by atoms with Crippen LogP contribution in [-0.2, 0) is 19.9 Å². The molecule has 0 spiro atoms. The largest absolute Gasteiger partial charge is 0.311 e. The van der Waals surface area contributed by atoms with Crippen LogP contribution in [0.4, 0.5) is 0 Å². The first kappa shape index (κ1) is 13.3. The third-order valence-corrected chi connectivity index (χ3v) is 3.28. The zero-order chi connectivity index (χ0) is 14.7. The van der Waals surface area contributed by atoms with E-state index in [9.17, 15) is 4.79 Å². The Labute approximate surface area is 122 Å². The summed E-state index contributed by atoms with van der Waals surface area (Å²) in [7, 11) is 1.84. The van der Waals surface area contributed by atoms with Crippen molar-refractivity contribution in [2.24, 2.45) is 7.05 Å². The summed E-state index contributed by atoms with van der Waals surface area (Å²) in [6.45, 7) is 0. The number of benzene rings is 1. The van der Waals surface area contributed by atoms with Gasteiger partial charge in [-0.15, -0.1) is 0 Å². The molecule has 0 saturated heterocycles. The summed E-state index contributed by atoms with van der Waals surface area (Å²) in [5, 5.41) is 4.11. The summed E-state index contributed by atoms with van der Waals surface area (Å²) in [4.78, 5) is 19.1. The molecule has 0 aliphatic heterocycles. The lowest BCUT2D eigenvalue weighted by Gasteiger charge is -2.03. The van der Waals surface area contributed by atoms with Gasteiger partial charge in [0.25, 0.3) is 5.56 Å². The van der Waals surface area contributed by atoms with Crippen LogP contribution in [-0.4, -0.2) is 19.7 Å². The normalized spacial score (nSPS) is 10.7. The van der Waals surface area contributed by atoms with Gasteiger partial charge in [-0.3, -0.25) is 9.48 Å². The first-order chi connectivity index (χ1) is 10.2. The Kier molecular flexibility index (Phi) is 3.64. The number of aromatic nitrogens is 4. The van der Waals surface area contributed by atoms with Crippen molar-refractivity contribution in [3.63, 3.8) is 0 Å². The molecule has 0 unspecified atom stereocenters. The van der Waals surface area contributed by atoms with Crippen molar-refractivity contribution >= 4 is 0 Å². The monoisotopic (exact) mass is 280 g/mol. The number of aryl methyl sites for hydroxylation is 3. The summed E-state index contributed by atoms with van der Waals surface area (Å²) >= 11 is 0. The maximum Gasteiger partial charge on any atom is 0.251 e. The first-order valence-electron chi connectivity index (χ1n) is 6.84. The van der Waals surface area contributed by atoms with Crippen molar-refractivity contribution in [1.82, 2.24) is 19.7 Å². The van der Waals surface area contributed by atoms with Crippen LogP contribution in [0.15, 0.2) is 53.6 Å². The molecule has 5 nitrogen and oxygen atoms in total. The smallest absolute Gasteiger partial charge is 0.251 e. The van der Waals surface area contributed by atoms with Crippen molar-refractivity contribution < 1.29 is 0 Å². The maximum atomic E-state index is 11.8. The van der Waals surface area contributed by atoms with E-state index < -0.39 is 0 Å². The summed E-state index contributed by atoms with van der Waals surface area (Å²) < 4.78 is 1.70. The van der Waals surface area contributed by atoms with Crippen LogP contribution in [0.5, 0.6) is 0 Å². The van der Waals surface area contributed by atoms with Gasteiger partial charge in [0, 0.05) is 31.3 Å². The Balaban J connectivity index is 1.83. The number of rotatable bonds is 4. The molecule has 0 aliphatic carbocycles. The summed E-state index contributed by atoms with van der Waals surface area (Å²) in [6, 6.07) is 11.7. The number of hydrogen-bond acceptors (Lipinski definition) is 3. The summed E-state index contributed by atoms with van der Waals surface area (Å²) in [5.41, 5.74) is 2.61. The molecule has 106 valence electrons. The number of nitrogens with zero attached hydrogens (tertiary/aromatic N) is 3. The Morgan fingerprint density at radius 2 is 2.00 bits per heavy atom. The molecule has 1 N–H and O–H groups in total. The molecule has 0 saturated carbocycles. The number of aromatic amines is 1. The number of hydrogen-bond donors (Lipinski definition) is 1. The molecule has 1 aromatic carbocycles. The van der Waals surface area contributed by atoms with Gasteiger partial charge in [-0.05, 0) is 12.0 Å². The highest BCUT2D eigenvalue weighted by molar-refractivity contribution is 5.56. The number of H-pyrrole nitrogens is 1. The minimum atomic E-state index is -0.132. The van der Waals surface area contributed by atoms with Gasteiger partial charge in [0.1, 0.15) is 5.82 Å². The third kappa shape index (κ3) is 3.25. The van der Waals surface area contributed by atoms with Crippen LogP contribution < -0.4 is 5.56 Å². The third-order valence-electron chi connectivity index (χ3n) is 3.28. The predicted molar refractivity (Wildman–Crippen MR) is 80.9 cm³/mol. The van der Waals surface area contributed by atoms with Gasteiger partial charge >= 0.3 is 0 Å². The number of nitrogens with one attached hydrogen (secondary N) is 1. The van der Waals surface area contributed by atoms with Crippen molar-refractivity contribution in [3.05, 3.63) is 70.5 Å². The van der Waals surface area contributed by atoms with Crippen LogP contribution in [0.25, 0.3) is 11.3 Å². The fraction of sp³-hybridized carbons (Fsp3) is 0.188. The molecule has 3 aromatic rings. The molecule has 21 heavy (non-hydrogen) atoms. The molecule has 3 rings (SSSR count). The summed E-state index contributed by atoms with van der Waals surface area (Å²) in [6.07, 6.45) is 5.11. The van der Waals surface area contributed by atoms with E-state index in [-0.39, 0.29) is 5.56 Å². The topological polar surface area (TPSA) is 63.6 Å². The molecular weight excluding hydrogens is 264 g/mol. The van der Waals surface area contributed by atoms with Crippen molar-refractivity contribution in [2.45, 2.75) is 12.8 Å². The average molecular weight is 280 g/mol. The highest BCUT2D eigenvalue weighted by Crippen LogP contribution is 2.14. The lowest BCUT2D eigenvalue weighted by atomic mass is 10.1. The van der Waals surface area contributed by atoms with Gasteiger partial charge in [-0.2, -0.15) is 5.10 Å². The van der Waals surface area contributed by atoms with E-state index in [4.69, 9.17) is 0 Å². The van der Waals surface area contributed by atoms with Crippen LogP contribution in [0.1, 0.15) is 11.4 Å². The standard InChI is InChI=1S/C16H16N4O/c1-20-11-13(10-17-20)14-9-16(21)19-15(18-14)8-7-12-5-3-2-4-6-12/h2-6,9-11H,7-8H2,1H3,(H,18,19,21). The second-order valence-corrected chi connectivity index (χ2v) is 4.97. The molecule has 0 aliphatic rings. The van der Waals surface area contributed by atoms with E-state index in [2.05, 4.69) is 27.2 Å². The van der Waals surface area contributed by atoms with Gasteiger partial charge in [-0.25, -0.2) is 4.98 Å². The second-order valence-electron chi connectivity index (χ2n) is 4.97. The fourth-order valence-corrected chi connectivity index (χ4v) is 2.24. The first-order valence-corrected chi connectivity index (χ1v) is 6.84. The summed E-state index contributed by atoms with van der Waals surface area (Å²) in [5.74, 6) is 0.699. The minimum Gasteiger partial charge on any atom is -0.311 e. The van der Waals surface area contributed by atoms with E-state index in [1.165, 1.54) is 11.6 Å². The zero-order valence-electron chi connectivity index (χ0n) is 11.8. The lowest BCUT2D eigenvalue weighted by Crippen LogP contribution is -2.11. The zero-order valence-corrected chi connectivity index (χ0v) is 11.8. The Bertz CT molecular complexity index is 789. The lowest BCUT2D eigenvalue weighted by molar-refractivity contribution is 0.768. The van der Waals surface area contributed by atoms with Crippen LogP contribution in [0.3, 0.4) is 0 Å². The molecule has 0 amide bonds. The van der Waals surface area contributed by atoms with E-state index in [0.717, 1.165) is 12.0 Å². The molecule has 5 heteroatoms. The van der Waals surface area contributed by atoms with Gasteiger partial charge < -0.3 is 4.98 Å². The van der Waals surface area contributed by atoms with Crippen LogP contribution in [0.2, 0.25) is 0 Å². The Morgan fingerprint density at radius 1 is 1.19 bits per heavy atom. The molecule has 2 aromatic heterocycles. The minimum absolute atomic E-state index is 0.132. The van der Waals surface area contributed by atoms with Crippen molar-refractivity contribution in [3.8, 4) is 11.3 Å². The van der Waals surface area contributed by atoms with E-state index >= 15 is 0 Å². The molecule has 0 atom stereocenters. The van der Waals surface area contributed by atoms with Crippen molar-refractivity contribution in [2.75, 3.05) is 0 Å². The van der Waals surface area contributed by atoms with E-state index in [1.807, 2.05) is 31.4 Å².